The average molecular weight is 399 g/mol. The number of nitrogens with one attached hydrogen (secondary N) is 1. The topological polar surface area (TPSA) is 90.3 Å². The van der Waals surface area contributed by atoms with E-state index < -0.39 is 10.0 Å². The summed E-state index contributed by atoms with van der Waals surface area (Å²) in [4.78, 5) is 11.7. The first-order valence-corrected chi connectivity index (χ1v) is 10.0. The molecule has 0 amide bonds. The fraction of sp³-hybridized carbons (Fsp3) is 0.200. The fourth-order valence-electron chi connectivity index (χ4n) is 2.88. The summed E-state index contributed by atoms with van der Waals surface area (Å²) >= 11 is 0. The summed E-state index contributed by atoms with van der Waals surface area (Å²) < 4.78 is 34.9. The summed E-state index contributed by atoms with van der Waals surface area (Å²) in [6.45, 7) is 3.52. The molecule has 0 aliphatic carbocycles. The van der Waals surface area contributed by atoms with Crippen molar-refractivity contribution in [1.29, 1.82) is 0 Å². The van der Waals surface area contributed by atoms with Crippen LogP contribution in [0.1, 0.15) is 11.1 Å². The minimum Gasteiger partial charge on any atom is -0.496 e. The molecule has 7 nitrogen and oxygen atoms in total. The predicted molar refractivity (Wildman–Crippen MR) is 108 cm³/mol. The van der Waals surface area contributed by atoms with Gasteiger partial charge in [-0.3, -0.25) is 9.52 Å². The Balaban J connectivity index is 1.96. The Bertz CT molecular complexity index is 1200. The Morgan fingerprint density at radius 2 is 1.79 bits per heavy atom. The molecule has 0 aliphatic rings. The van der Waals surface area contributed by atoms with Crippen LogP contribution in [0.4, 0.5) is 5.69 Å². The maximum absolute atomic E-state index is 12.9. The number of hydrogen-bond donors (Lipinski definition) is 1. The van der Waals surface area contributed by atoms with E-state index in [-0.39, 0.29) is 10.5 Å². The number of aryl methyl sites for hydroxylation is 3. The lowest BCUT2D eigenvalue weighted by molar-refractivity contribution is 0.411. The second-order valence-electron chi connectivity index (χ2n) is 6.45. The first-order chi connectivity index (χ1) is 13.2. The molecular weight excluding hydrogens is 378 g/mol. The van der Waals surface area contributed by atoms with Gasteiger partial charge in [0.05, 0.1) is 17.7 Å². The van der Waals surface area contributed by atoms with E-state index in [1.165, 1.54) is 10.7 Å². The molecule has 1 aromatic heterocycles. The van der Waals surface area contributed by atoms with Crippen molar-refractivity contribution >= 4 is 15.7 Å². The second-order valence-corrected chi connectivity index (χ2v) is 8.10. The summed E-state index contributed by atoms with van der Waals surface area (Å²) in [5.74, 6) is 0.638. The van der Waals surface area contributed by atoms with Crippen molar-refractivity contribution in [3.8, 4) is 17.0 Å². The molecule has 28 heavy (non-hydrogen) atoms. The monoisotopic (exact) mass is 399 g/mol. The molecule has 146 valence electrons. The number of rotatable bonds is 5. The molecule has 0 saturated heterocycles. The van der Waals surface area contributed by atoms with Gasteiger partial charge in [-0.05, 0) is 55.3 Å². The average Bonchev–Trinajstić information content (AvgIpc) is 2.65. The van der Waals surface area contributed by atoms with Gasteiger partial charge in [-0.1, -0.05) is 12.1 Å². The summed E-state index contributed by atoms with van der Waals surface area (Å²) in [6.07, 6.45) is 0. The van der Waals surface area contributed by atoms with E-state index in [0.29, 0.717) is 28.3 Å². The van der Waals surface area contributed by atoms with E-state index in [1.807, 2.05) is 0 Å². The highest BCUT2D eigenvalue weighted by Gasteiger charge is 2.19. The van der Waals surface area contributed by atoms with Crippen LogP contribution in [-0.4, -0.2) is 25.3 Å². The van der Waals surface area contributed by atoms with Gasteiger partial charge < -0.3 is 4.74 Å². The van der Waals surface area contributed by atoms with E-state index in [0.717, 1.165) is 5.56 Å². The summed E-state index contributed by atoms with van der Waals surface area (Å²) in [5.41, 5.74) is 2.77. The molecule has 0 radical (unpaired) electrons. The minimum atomic E-state index is -3.79. The maximum atomic E-state index is 12.9. The summed E-state index contributed by atoms with van der Waals surface area (Å²) in [6, 6.07) is 13.2. The van der Waals surface area contributed by atoms with Crippen molar-refractivity contribution in [2.24, 2.45) is 7.05 Å². The highest BCUT2D eigenvalue weighted by atomic mass is 32.2. The molecule has 1 N–H and O–H groups in total. The molecular formula is C20H21N3O4S. The van der Waals surface area contributed by atoms with E-state index in [9.17, 15) is 13.2 Å². The number of sulfonamides is 1. The lowest BCUT2D eigenvalue weighted by Gasteiger charge is -2.14. The zero-order chi connectivity index (χ0) is 20.5. The first kappa shape index (κ1) is 19.6. The van der Waals surface area contributed by atoms with E-state index in [4.69, 9.17) is 4.74 Å². The van der Waals surface area contributed by atoms with Gasteiger partial charge in [0.1, 0.15) is 5.75 Å². The minimum absolute atomic E-state index is 0.191. The van der Waals surface area contributed by atoms with E-state index in [2.05, 4.69) is 9.82 Å². The Morgan fingerprint density at radius 3 is 2.46 bits per heavy atom. The highest BCUT2D eigenvalue weighted by molar-refractivity contribution is 7.92. The summed E-state index contributed by atoms with van der Waals surface area (Å²) in [7, 11) is -0.675. The van der Waals surface area contributed by atoms with Crippen LogP contribution in [0, 0.1) is 13.8 Å². The Kier molecular flexibility index (Phi) is 5.24. The Labute approximate surface area is 163 Å². The molecule has 0 aliphatic heterocycles. The fourth-order valence-corrected chi connectivity index (χ4v) is 4.24. The van der Waals surface area contributed by atoms with E-state index >= 15 is 0 Å². The van der Waals surface area contributed by atoms with Gasteiger partial charge in [0.2, 0.25) is 0 Å². The molecule has 0 unspecified atom stereocenters. The molecule has 0 bridgehead atoms. The third-order valence-corrected chi connectivity index (χ3v) is 5.88. The predicted octanol–water partition coefficient (Wildman–Crippen LogP) is 2.87. The van der Waals surface area contributed by atoms with Crippen LogP contribution in [0.3, 0.4) is 0 Å². The van der Waals surface area contributed by atoms with E-state index in [1.54, 1.807) is 70.5 Å². The maximum Gasteiger partial charge on any atom is 0.266 e. The molecule has 2 aromatic carbocycles. The Morgan fingerprint density at radius 1 is 1.04 bits per heavy atom. The quantitative estimate of drug-likeness (QED) is 0.712. The summed E-state index contributed by atoms with van der Waals surface area (Å²) in [5, 5.41) is 4.20. The standard InChI is InChI=1S/C20H21N3O4S/c1-13-11-19(14(2)10-18(13)27-4)28(25,26)22-16-7-5-6-15(12-16)17-8-9-20(24)23(3)21-17/h5-12,22H,1-4H3. The number of anilines is 1. The number of methoxy groups -OCH3 is 1. The lowest BCUT2D eigenvalue weighted by Crippen LogP contribution is -2.18. The SMILES string of the molecule is COc1cc(C)c(S(=O)(=O)Nc2cccc(-c3ccc(=O)n(C)n3)c2)cc1C. The van der Waals surface area contributed by atoms with Crippen LogP contribution in [0.2, 0.25) is 0 Å². The smallest absolute Gasteiger partial charge is 0.266 e. The number of hydrogen-bond acceptors (Lipinski definition) is 5. The largest absolute Gasteiger partial charge is 0.496 e. The molecule has 1 heterocycles. The molecule has 8 heteroatoms. The number of aromatic nitrogens is 2. The van der Waals surface area contributed by atoms with Crippen LogP contribution in [0.25, 0.3) is 11.3 Å². The van der Waals surface area contributed by atoms with Crippen molar-refractivity contribution in [2.45, 2.75) is 18.7 Å². The van der Waals surface area contributed by atoms with Gasteiger partial charge in [0.15, 0.2) is 0 Å². The number of nitrogens with zero attached hydrogens (tertiary/aromatic N) is 2. The third-order valence-electron chi connectivity index (χ3n) is 4.35. The zero-order valence-electron chi connectivity index (χ0n) is 16.1. The normalized spacial score (nSPS) is 11.3. The van der Waals surface area contributed by atoms with Crippen molar-refractivity contribution in [2.75, 3.05) is 11.8 Å². The van der Waals surface area contributed by atoms with Crippen LogP contribution in [-0.2, 0) is 17.1 Å². The van der Waals surface area contributed by atoms with Gasteiger partial charge in [-0.15, -0.1) is 0 Å². The van der Waals surface area contributed by atoms with Crippen LogP contribution >= 0.6 is 0 Å². The van der Waals surface area contributed by atoms with Gasteiger partial charge in [-0.2, -0.15) is 5.10 Å². The van der Waals surface area contributed by atoms with Gasteiger partial charge in [0, 0.05) is 24.4 Å². The second kappa shape index (κ2) is 7.47. The third kappa shape index (κ3) is 3.91. The molecule has 0 spiro atoms. The Hall–Kier alpha value is -3.13. The molecule has 0 fully saturated rings. The van der Waals surface area contributed by atoms with Gasteiger partial charge in [0.25, 0.3) is 15.6 Å². The van der Waals surface area contributed by atoms with Crippen LogP contribution in [0.5, 0.6) is 5.75 Å². The molecule has 0 saturated carbocycles. The zero-order valence-corrected chi connectivity index (χ0v) is 16.9. The van der Waals surface area contributed by atoms with Crippen molar-refractivity contribution in [3.63, 3.8) is 0 Å². The molecule has 3 aromatic rings. The van der Waals surface area contributed by atoms with Gasteiger partial charge >= 0.3 is 0 Å². The van der Waals surface area contributed by atoms with Gasteiger partial charge in [-0.25, -0.2) is 13.1 Å². The van der Waals surface area contributed by atoms with Crippen LogP contribution in [0.15, 0.2) is 58.2 Å². The molecule has 0 atom stereocenters. The lowest BCUT2D eigenvalue weighted by atomic mass is 10.1. The highest BCUT2D eigenvalue weighted by Crippen LogP contribution is 2.28. The van der Waals surface area contributed by atoms with Crippen molar-refractivity contribution in [1.82, 2.24) is 9.78 Å². The number of ether oxygens (including phenoxy) is 1. The van der Waals surface area contributed by atoms with Crippen molar-refractivity contribution < 1.29 is 13.2 Å². The van der Waals surface area contributed by atoms with Crippen LogP contribution < -0.4 is 15.0 Å². The number of benzene rings is 2. The first-order valence-electron chi connectivity index (χ1n) is 8.54. The van der Waals surface area contributed by atoms with Crippen molar-refractivity contribution in [3.05, 3.63) is 70.0 Å². The molecule has 3 rings (SSSR count).